The summed E-state index contributed by atoms with van der Waals surface area (Å²) in [6, 6.07) is 19.6. The third-order valence-electron chi connectivity index (χ3n) is 2.39. The predicted octanol–water partition coefficient (Wildman–Crippen LogP) is 1.88. The van der Waals surface area contributed by atoms with Crippen molar-refractivity contribution >= 4 is 0 Å². The van der Waals surface area contributed by atoms with Gasteiger partial charge in [0.05, 0.1) is 0 Å². The fraction of sp³-hybridized carbons (Fsp3) is 0.0769. The normalized spacial score (nSPS) is 10.2. The van der Waals surface area contributed by atoms with Crippen molar-refractivity contribution in [2.75, 3.05) is 0 Å². The Hall–Kier alpha value is -1.96. The van der Waals surface area contributed by atoms with Crippen LogP contribution in [0.5, 0.6) is 0 Å². The Kier molecular flexibility index (Phi) is 2.88. The first-order valence-corrected chi connectivity index (χ1v) is 4.91. The Morgan fingerprint density at radius 2 is 1.13 bits per heavy atom. The maximum atomic E-state index is 9.18. The molecule has 0 aliphatic heterocycles. The van der Waals surface area contributed by atoms with Crippen LogP contribution in [0.25, 0.3) is 5.53 Å². The average Bonchev–Trinajstić information content (AvgIpc) is 2.33. The first-order valence-electron chi connectivity index (χ1n) is 4.91. The molecule has 74 valence electrons. The number of hydrogen-bond acceptors (Lipinski definition) is 0. The van der Waals surface area contributed by atoms with E-state index in [2.05, 4.69) is 5.11 Å². The highest BCUT2D eigenvalue weighted by atomic mass is 15.0. The van der Waals surface area contributed by atoms with Crippen molar-refractivity contribution in [3.05, 3.63) is 77.3 Å². The molecule has 1 N–H and O–H groups in total. The lowest BCUT2D eigenvalue weighted by Crippen LogP contribution is -2.65. The quantitative estimate of drug-likeness (QED) is 0.728. The van der Waals surface area contributed by atoms with Crippen LogP contribution >= 0.6 is 0 Å². The Morgan fingerprint density at radius 3 is 1.47 bits per heavy atom. The van der Waals surface area contributed by atoms with E-state index in [9.17, 15) is 5.53 Å². The third kappa shape index (κ3) is 2.10. The molecule has 0 atom stereocenters. The zero-order chi connectivity index (χ0) is 10.5. The minimum atomic E-state index is -0.160. The summed E-state index contributed by atoms with van der Waals surface area (Å²) < 4.78 is 0. The van der Waals surface area contributed by atoms with E-state index in [4.69, 9.17) is 0 Å². The molecular weight excluding hydrogens is 184 g/mol. The van der Waals surface area contributed by atoms with Gasteiger partial charge < -0.3 is 10.6 Å². The minimum absolute atomic E-state index is 0.160. The molecule has 0 heterocycles. The minimum Gasteiger partial charge on any atom is -0.508 e. The van der Waals surface area contributed by atoms with Gasteiger partial charge in [0.1, 0.15) is 0 Å². The van der Waals surface area contributed by atoms with Crippen LogP contribution in [-0.2, 0) is 0 Å². The second-order valence-corrected chi connectivity index (χ2v) is 3.38. The van der Waals surface area contributed by atoms with E-state index in [1.54, 1.807) is 0 Å². The van der Waals surface area contributed by atoms with Crippen molar-refractivity contribution in [2.45, 2.75) is 6.04 Å². The van der Waals surface area contributed by atoms with Crippen LogP contribution in [0.3, 0.4) is 0 Å². The zero-order valence-corrected chi connectivity index (χ0v) is 8.30. The van der Waals surface area contributed by atoms with Crippen molar-refractivity contribution in [2.24, 2.45) is 0 Å². The Labute approximate surface area is 89.1 Å². The van der Waals surface area contributed by atoms with Gasteiger partial charge in [0.25, 0.3) is 0 Å². The highest BCUT2D eigenvalue weighted by Gasteiger charge is 2.13. The maximum Gasteiger partial charge on any atom is 0.191 e. The fourth-order valence-electron chi connectivity index (χ4n) is 1.63. The molecule has 0 aromatic heterocycles. The van der Waals surface area contributed by atoms with Crippen LogP contribution in [-0.4, -0.2) is 0 Å². The first kappa shape index (κ1) is 9.59. The molecular formula is C13H12N2. The van der Waals surface area contributed by atoms with Crippen molar-refractivity contribution in [3.63, 3.8) is 0 Å². The molecule has 0 saturated carbocycles. The van der Waals surface area contributed by atoms with Gasteiger partial charge in [-0.25, -0.2) is 0 Å². The molecule has 2 rings (SSSR count). The summed E-state index contributed by atoms with van der Waals surface area (Å²) in [5, 5.41) is 2.33. The third-order valence-corrected chi connectivity index (χ3v) is 2.39. The second kappa shape index (κ2) is 4.51. The smallest absolute Gasteiger partial charge is 0.191 e. The van der Waals surface area contributed by atoms with Gasteiger partial charge in [-0.15, -0.1) is 0 Å². The topological polar surface area (TPSA) is 36.3 Å². The standard InChI is InChI=1S/C13H12N2/c14-15-13(11-7-3-1-4-8-11)12-9-5-2-6-10-12/h1-10,13,15H. The van der Waals surface area contributed by atoms with Crippen LogP contribution in [0, 0.1) is 0 Å². The highest BCUT2D eigenvalue weighted by molar-refractivity contribution is 5.28. The Morgan fingerprint density at radius 1 is 0.733 bits per heavy atom. The Balaban J connectivity index is 2.38. The summed E-state index contributed by atoms with van der Waals surface area (Å²) in [6.45, 7) is 0. The van der Waals surface area contributed by atoms with Crippen molar-refractivity contribution in [3.8, 4) is 0 Å². The lowest BCUT2D eigenvalue weighted by atomic mass is 10.00. The van der Waals surface area contributed by atoms with Crippen molar-refractivity contribution in [1.82, 2.24) is 0 Å². The number of nitrogens with one attached hydrogen (secondary N) is 1. The number of benzene rings is 2. The second-order valence-electron chi connectivity index (χ2n) is 3.38. The monoisotopic (exact) mass is 196 g/mol. The van der Waals surface area contributed by atoms with Crippen LogP contribution in [0.2, 0.25) is 0 Å². The zero-order valence-electron chi connectivity index (χ0n) is 8.30. The SMILES string of the molecule is [N-]=[NH+]C(c1ccccc1)c1ccccc1. The lowest BCUT2D eigenvalue weighted by Gasteiger charge is -2.09. The van der Waals surface area contributed by atoms with Gasteiger partial charge in [-0.1, -0.05) is 60.7 Å². The summed E-state index contributed by atoms with van der Waals surface area (Å²) in [4.78, 5) is 0. The van der Waals surface area contributed by atoms with E-state index >= 15 is 0 Å². The van der Waals surface area contributed by atoms with Gasteiger partial charge in [-0.05, 0) is 0 Å². The molecule has 0 fully saturated rings. The van der Waals surface area contributed by atoms with Crippen LogP contribution < -0.4 is 5.11 Å². The van der Waals surface area contributed by atoms with Gasteiger partial charge >= 0.3 is 0 Å². The van der Waals surface area contributed by atoms with Gasteiger partial charge in [-0.3, -0.25) is 0 Å². The number of rotatable bonds is 3. The molecule has 0 radical (unpaired) electrons. The fourth-order valence-corrected chi connectivity index (χ4v) is 1.63. The molecule has 2 aromatic rings. The van der Waals surface area contributed by atoms with Gasteiger partial charge in [-0.2, -0.15) is 0 Å². The van der Waals surface area contributed by atoms with Crippen LogP contribution in [0.4, 0.5) is 0 Å². The van der Waals surface area contributed by atoms with Gasteiger partial charge in [0, 0.05) is 11.1 Å². The summed E-state index contributed by atoms with van der Waals surface area (Å²) >= 11 is 0. The lowest BCUT2D eigenvalue weighted by molar-refractivity contribution is -0.520. The summed E-state index contributed by atoms with van der Waals surface area (Å²) in [6.07, 6.45) is 0. The van der Waals surface area contributed by atoms with Crippen LogP contribution in [0.15, 0.2) is 60.7 Å². The summed E-state index contributed by atoms with van der Waals surface area (Å²) in [5.41, 5.74) is 11.3. The first-order chi connectivity index (χ1) is 7.42. The molecule has 0 aliphatic rings. The summed E-state index contributed by atoms with van der Waals surface area (Å²) in [7, 11) is 0. The average molecular weight is 196 g/mol. The van der Waals surface area contributed by atoms with E-state index in [0.29, 0.717) is 0 Å². The molecule has 2 nitrogen and oxygen atoms in total. The number of hydrogen-bond donors (Lipinski definition) is 1. The molecule has 0 unspecified atom stereocenters. The molecule has 0 amide bonds. The van der Waals surface area contributed by atoms with E-state index in [1.165, 1.54) is 0 Å². The van der Waals surface area contributed by atoms with Crippen LogP contribution in [0.1, 0.15) is 17.2 Å². The molecule has 2 aromatic carbocycles. The van der Waals surface area contributed by atoms with E-state index in [1.807, 2.05) is 60.7 Å². The maximum absolute atomic E-state index is 9.18. The Bertz CT molecular complexity index is 383. The van der Waals surface area contributed by atoms with E-state index in [-0.39, 0.29) is 6.04 Å². The van der Waals surface area contributed by atoms with Crippen molar-refractivity contribution < 1.29 is 5.11 Å². The molecule has 0 aliphatic carbocycles. The van der Waals surface area contributed by atoms with Gasteiger partial charge in [0.15, 0.2) is 6.04 Å². The predicted molar refractivity (Wildman–Crippen MR) is 59.0 cm³/mol. The largest absolute Gasteiger partial charge is 0.508 e. The van der Waals surface area contributed by atoms with Gasteiger partial charge in [0.2, 0.25) is 0 Å². The molecule has 15 heavy (non-hydrogen) atoms. The van der Waals surface area contributed by atoms with E-state index < -0.39 is 0 Å². The molecule has 0 saturated heterocycles. The summed E-state index contributed by atoms with van der Waals surface area (Å²) in [5.74, 6) is 0. The van der Waals surface area contributed by atoms with Crippen molar-refractivity contribution in [1.29, 1.82) is 0 Å². The molecule has 0 spiro atoms. The molecule has 0 bridgehead atoms. The molecule has 2 heteroatoms. The highest BCUT2D eigenvalue weighted by Crippen LogP contribution is 2.16. The number of nitrogens with zero attached hydrogens (tertiary/aromatic N) is 1. The van der Waals surface area contributed by atoms with E-state index in [0.717, 1.165) is 11.1 Å².